The number of nitrogens with two attached hydrogens (primary N) is 1. The Morgan fingerprint density at radius 1 is 1.17 bits per heavy atom. The summed E-state index contributed by atoms with van der Waals surface area (Å²) in [4.78, 5) is 12.8. The van der Waals surface area contributed by atoms with Gasteiger partial charge in [-0.15, -0.1) is 0 Å². The Morgan fingerprint density at radius 2 is 1.92 bits per heavy atom. The minimum Gasteiger partial charge on any atom is -0.383 e. The number of hydrogen-bond acceptors (Lipinski definition) is 6. The average Bonchev–Trinajstić information content (AvgIpc) is 2.95. The fraction of sp³-hybridized carbons (Fsp3) is 0.333. The van der Waals surface area contributed by atoms with E-state index in [0.29, 0.717) is 32.7 Å². The largest absolute Gasteiger partial charge is 0.383 e. The highest BCUT2D eigenvalue weighted by atomic mass is 19.3. The summed E-state index contributed by atoms with van der Waals surface area (Å²) in [5.41, 5.74) is 7.22. The molecule has 0 aliphatic heterocycles. The maximum absolute atomic E-state index is 12.8. The monoisotopic (exact) mass is 333 g/mol. The van der Waals surface area contributed by atoms with Crippen molar-refractivity contribution in [3.05, 3.63) is 24.8 Å². The fourth-order valence-corrected chi connectivity index (χ4v) is 2.23. The Balaban J connectivity index is 2.15. The predicted octanol–water partition coefficient (Wildman–Crippen LogP) is 3.08. The molecular formula is C15H17F2N7. The number of nitrogens with one attached hydrogen (secondary N) is 1. The van der Waals surface area contributed by atoms with E-state index >= 15 is 0 Å². The molecule has 3 aromatic heterocycles. The summed E-state index contributed by atoms with van der Waals surface area (Å²) in [7, 11) is 0. The van der Waals surface area contributed by atoms with Gasteiger partial charge in [0.1, 0.15) is 5.82 Å². The minimum absolute atomic E-state index is 0.229. The first kappa shape index (κ1) is 16.0. The maximum atomic E-state index is 12.8. The van der Waals surface area contributed by atoms with Crippen LogP contribution in [0.2, 0.25) is 0 Å². The average molecular weight is 333 g/mol. The second kappa shape index (κ2) is 5.66. The lowest BCUT2D eigenvalue weighted by atomic mass is 10.1. The van der Waals surface area contributed by atoms with Crippen molar-refractivity contribution in [1.82, 2.24) is 24.7 Å². The molecule has 0 aliphatic rings. The van der Waals surface area contributed by atoms with Crippen molar-refractivity contribution in [2.45, 2.75) is 32.9 Å². The molecule has 0 atom stereocenters. The van der Waals surface area contributed by atoms with Gasteiger partial charge in [-0.1, -0.05) is 0 Å². The predicted molar refractivity (Wildman–Crippen MR) is 87.6 cm³/mol. The maximum Gasteiger partial charge on any atom is 0.333 e. The molecule has 7 nitrogen and oxygen atoms in total. The van der Waals surface area contributed by atoms with Crippen LogP contribution in [-0.4, -0.2) is 30.3 Å². The Morgan fingerprint density at radius 3 is 2.54 bits per heavy atom. The van der Waals surface area contributed by atoms with Crippen molar-refractivity contribution in [3.63, 3.8) is 0 Å². The van der Waals surface area contributed by atoms with Gasteiger partial charge in [-0.05, 0) is 20.8 Å². The molecule has 0 radical (unpaired) electrons. The van der Waals surface area contributed by atoms with E-state index in [1.165, 1.54) is 18.6 Å². The molecule has 0 fully saturated rings. The van der Waals surface area contributed by atoms with Crippen LogP contribution >= 0.6 is 0 Å². The molecule has 9 heteroatoms. The number of rotatable bonds is 3. The van der Waals surface area contributed by atoms with Crippen molar-refractivity contribution < 1.29 is 8.78 Å². The lowest BCUT2D eigenvalue weighted by molar-refractivity contribution is 0.0566. The zero-order valence-electron chi connectivity index (χ0n) is 13.5. The van der Waals surface area contributed by atoms with Gasteiger partial charge in [0.25, 0.3) is 0 Å². The van der Waals surface area contributed by atoms with Crippen LogP contribution < -0.4 is 11.1 Å². The van der Waals surface area contributed by atoms with E-state index in [1.54, 1.807) is 6.20 Å². The normalized spacial score (nSPS) is 12.1. The number of nitrogen functional groups attached to an aromatic ring is 1. The second-order valence-corrected chi connectivity index (χ2v) is 6.37. The summed E-state index contributed by atoms with van der Waals surface area (Å²) < 4.78 is 26.1. The van der Waals surface area contributed by atoms with E-state index in [9.17, 15) is 8.78 Å². The highest BCUT2D eigenvalue weighted by molar-refractivity contribution is 5.98. The highest BCUT2D eigenvalue weighted by Gasteiger charge is 2.16. The van der Waals surface area contributed by atoms with Crippen LogP contribution in [0, 0.1) is 0 Å². The van der Waals surface area contributed by atoms with E-state index in [-0.39, 0.29) is 11.4 Å². The van der Waals surface area contributed by atoms with E-state index in [4.69, 9.17) is 5.73 Å². The van der Waals surface area contributed by atoms with Crippen LogP contribution in [0.4, 0.5) is 20.5 Å². The lowest BCUT2D eigenvalue weighted by Gasteiger charge is -2.20. The zero-order chi connectivity index (χ0) is 17.5. The number of fused-ring (bicyclic) bond motifs is 1. The number of nitrogens with zero attached hydrogens (tertiary/aromatic N) is 5. The molecule has 0 amide bonds. The van der Waals surface area contributed by atoms with Crippen molar-refractivity contribution in [2.75, 3.05) is 11.1 Å². The van der Waals surface area contributed by atoms with E-state index < -0.39 is 6.55 Å². The zero-order valence-corrected chi connectivity index (χ0v) is 13.5. The van der Waals surface area contributed by atoms with Crippen LogP contribution in [0.3, 0.4) is 0 Å². The molecule has 3 aromatic rings. The number of hydrogen-bond donors (Lipinski definition) is 2. The molecule has 126 valence electrons. The molecule has 0 bridgehead atoms. The first-order valence-electron chi connectivity index (χ1n) is 7.27. The van der Waals surface area contributed by atoms with Crippen LogP contribution in [-0.2, 0) is 0 Å². The topological polar surface area (TPSA) is 94.5 Å². The number of alkyl halides is 2. The van der Waals surface area contributed by atoms with Gasteiger partial charge in [0, 0.05) is 35.3 Å². The summed E-state index contributed by atoms with van der Waals surface area (Å²) in [6.45, 7) is 3.23. The number of pyridine rings is 1. The molecule has 3 N–H and O–H groups in total. The standard InChI is InChI=1S/C15H17F2N7/c1-15(2,3)23-14-20-6-10-11(22-14)9(5-19-12(10)18)8-4-21-24(7-8)13(16)17/h4-7,13H,1-3H3,(H2,18,19)(H,20,22,23). The van der Waals surface area contributed by atoms with Crippen molar-refractivity contribution in [3.8, 4) is 11.1 Å². The van der Waals surface area contributed by atoms with Crippen LogP contribution in [0.1, 0.15) is 27.3 Å². The SMILES string of the molecule is CC(C)(C)Nc1ncc2c(N)ncc(-c3cnn(C(F)F)c3)c2n1. The lowest BCUT2D eigenvalue weighted by Crippen LogP contribution is -2.27. The molecule has 0 saturated heterocycles. The summed E-state index contributed by atoms with van der Waals surface area (Å²) in [5, 5.41) is 7.37. The summed E-state index contributed by atoms with van der Waals surface area (Å²) >= 11 is 0. The Kier molecular flexibility index (Phi) is 3.78. The Bertz CT molecular complexity index is 883. The third-order valence-electron chi connectivity index (χ3n) is 3.25. The molecule has 3 heterocycles. The molecule has 3 rings (SSSR count). The number of halogens is 2. The van der Waals surface area contributed by atoms with E-state index in [0.717, 1.165) is 0 Å². The molecule has 0 spiro atoms. The molecule has 0 unspecified atom stereocenters. The van der Waals surface area contributed by atoms with Crippen LogP contribution in [0.5, 0.6) is 0 Å². The quantitative estimate of drug-likeness (QED) is 0.765. The first-order valence-corrected chi connectivity index (χ1v) is 7.27. The van der Waals surface area contributed by atoms with Gasteiger partial charge in [-0.25, -0.2) is 19.6 Å². The van der Waals surface area contributed by atoms with Crippen molar-refractivity contribution in [1.29, 1.82) is 0 Å². The number of anilines is 2. The third-order valence-corrected chi connectivity index (χ3v) is 3.25. The molecule has 0 aromatic carbocycles. The second-order valence-electron chi connectivity index (χ2n) is 6.37. The fourth-order valence-electron chi connectivity index (χ4n) is 2.23. The van der Waals surface area contributed by atoms with Crippen LogP contribution in [0.15, 0.2) is 24.8 Å². The number of aromatic nitrogens is 5. The molecule has 0 saturated carbocycles. The minimum atomic E-state index is -2.71. The van der Waals surface area contributed by atoms with Crippen molar-refractivity contribution in [2.24, 2.45) is 0 Å². The van der Waals surface area contributed by atoms with Gasteiger partial charge < -0.3 is 11.1 Å². The summed E-state index contributed by atoms with van der Waals surface area (Å²) in [5.74, 6) is 0.695. The highest BCUT2D eigenvalue weighted by Crippen LogP contribution is 2.30. The summed E-state index contributed by atoms with van der Waals surface area (Å²) in [6, 6.07) is 0. The van der Waals surface area contributed by atoms with Gasteiger partial charge in [0.05, 0.1) is 17.1 Å². The van der Waals surface area contributed by atoms with E-state index in [1.807, 2.05) is 20.8 Å². The van der Waals surface area contributed by atoms with E-state index in [2.05, 4.69) is 25.4 Å². The third kappa shape index (κ3) is 3.10. The van der Waals surface area contributed by atoms with Crippen LogP contribution in [0.25, 0.3) is 22.0 Å². The Hall–Kier alpha value is -2.84. The first-order chi connectivity index (χ1) is 11.2. The molecule has 24 heavy (non-hydrogen) atoms. The molecular weight excluding hydrogens is 316 g/mol. The van der Waals surface area contributed by atoms with Gasteiger partial charge in [-0.2, -0.15) is 13.9 Å². The Labute approximate surface area is 136 Å². The summed E-state index contributed by atoms with van der Waals surface area (Å²) in [6.07, 6.45) is 5.66. The van der Waals surface area contributed by atoms with Gasteiger partial charge in [0.15, 0.2) is 0 Å². The van der Waals surface area contributed by atoms with Gasteiger partial charge in [-0.3, -0.25) is 0 Å². The van der Waals surface area contributed by atoms with Gasteiger partial charge >= 0.3 is 6.55 Å². The van der Waals surface area contributed by atoms with Gasteiger partial charge in [0.2, 0.25) is 5.95 Å². The molecule has 0 aliphatic carbocycles. The van der Waals surface area contributed by atoms with Crippen molar-refractivity contribution >= 4 is 22.7 Å². The smallest absolute Gasteiger partial charge is 0.333 e.